The van der Waals surface area contributed by atoms with Gasteiger partial charge in [0.25, 0.3) is 5.91 Å². The summed E-state index contributed by atoms with van der Waals surface area (Å²) in [6.45, 7) is 4.43. The van der Waals surface area contributed by atoms with Gasteiger partial charge < -0.3 is 14.8 Å². The number of rotatable bonds is 9. The smallest absolute Gasteiger partial charge is 0.262 e. The van der Waals surface area contributed by atoms with Crippen LogP contribution in [0.25, 0.3) is 0 Å². The number of sulfonamides is 1. The van der Waals surface area contributed by atoms with E-state index in [4.69, 9.17) is 9.47 Å². The Kier molecular flexibility index (Phi) is 7.06. The van der Waals surface area contributed by atoms with Crippen LogP contribution >= 0.6 is 0 Å². The monoisotopic (exact) mass is 392 g/mol. The van der Waals surface area contributed by atoms with Gasteiger partial charge in [0.1, 0.15) is 11.5 Å². The predicted molar refractivity (Wildman–Crippen MR) is 106 cm³/mol. The van der Waals surface area contributed by atoms with Crippen LogP contribution in [0.3, 0.4) is 0 Å². The highest BCUT2D eigenvalue weighted by molar-refractivity contribution is 7.92. The minimum Gasteiger partial charge on any atom is -0.494 e. The van der Waals surface area contributed by atoms with Gasteiger partial charge in [0.05, 0.1) is 18.6 Å². The van der Waals surface area contributed by atoms with E-state index in [0.29, 0.717) is 30.3 Å². The molecule has 7 nitrogen and oxygen atoms in total. The van der Waals surface area contributed by atoms with Crippen molar-refractivity contribution in [3.63, 3.8) is 0 Å². The maximum Gasteiger partial charge on any atom is 0.262 e. The topological polar surface area (TPSA) is 84.9 Å². The van der Waals surface area contributed by atoms with Crippen LogP contribution in [0.1, 0.15) is 13.8 Å². The quantitative estimate of drug-likeness (QED) is 0.709. The van der Waals surface area contributed by atoms with Crippen LogP contribution in [0, 0.1) is 0 Å². The fraction of sp³-hybridized carbons (Fsp3) is 0.316. The number of hydrogen-bond donors (Lipinski definition) is 1. The molecule has 0 heterocycles. The van der Waals surface area contributed by atoms with Gasteiger partial charge in [0, 0.05) is 12.2 Å². The normalized spacial score (nSPS) is 10.9. The van der Waals surface area contributed by atoms with Crippen LogP contribution in [0.4, 0.5) is 11.4 Å². The van der Waals surface area contributed by atoms with Crippen LogP contribution < -0.4 is 19.1 Å². The molecule has 0 unspecified atom stereocenters. The maximum atomic E-state index is 12.0. The van der Waals surface area contributed by atoms with E-state index in [1.165, 1.54) is 4.31 Å². The Labute approximate surface area is 160 Å². The standard InChI is InChI=1S/C19H24N2O5S/c1-4-21(27(3,23)24)16-8-12-18(13-9-16)26-14-19(22)20-15-6-10-17(11-7-15)25-5-2/h6-13H,4-5,14H2,1-3H3,(H,20,22). The molecule has 0 radical (unpaired) electrons. The molecule has 0 aliphatic carbocycles. The summed E-state index contributed by atoms with van der Waals surface area (Å²) >= 11 is 0. The SMILES string of the molecule is CCOc1ccc(NC(=O)COc2ccc(N(CC)S(C)(=O)=O)cc2)cc1. The molecule has 2 aromatic carbocycles. The average molecular weight is 392 g/mol. The number of anilines is 2. The Hall–Kier alpha value is -2.74. The zero-order valence-electron chi connectivity index (χ0n) is 15.6. The molecular formula is C19H24N2O5S. The summed E-state index contributed by atoms with van der Waals surface area (Å²) in [5.41, 5.74) is 1.19. The molecule has 0 aliphatic heterocycles. The summed E-state index contributed by atoms with van der Waals surface area (Å²) in [4.78, 5) is 12.0. The third-order valence-corrected chi connectivity index (χ3v) is 4.90. The van der Waals surface area contributed by atoms with Gasteiger partial charge in [-0.25, -0.2) is 8.42 Å². The molecule has 1 amide bonds. The molecule has 0 aliphatic rings. The van der Waals surface area contributed by atoms with Gasteiger partial charge in [-0.2, -0.15) is 0 Å². The molecule has 2 rings (SSSR count). The number of nitrogens with one attached hydrogen (secondary N) is 1. The first-order valence-electron chi connectivity index (χ1n) is 8.56. The highest BCUT2D eigenvalue weighted by atomic mass is 32.2. The van der Waals surface area contributed by atoms with Crippen LogP contribution in [-0.4, -0.2) is 40.3 Å². The molecule has 27 heavy (non-hydrogen) atoms. The summed E-state index contributed by atoms with van der Waals surface area (Å²) in [6, 6.07) is 13.6. The number of carbonyl (C=O) groups excluding carboxylic acids is 1. The van der Waals surface area contributed by atoms with E-state index in [9.17, 15) is 13.2 Å². The van der Waals surface area contributed by atoms with Crippen LogP contribution in [0.2, 0.25) is 0 Å². The number of benzene rings is 2. The van der Waals surface area contributed by atoms with Crippen molar-refractivity contribution in [3.8, 4) is 11.5 Å². The second-order valence-corrected chi connectivity index (χ2v) is 7.62. The van der Waals surface area contributed by atoms with E-state index < -0.39 is 10.0 Å². The molecule has 8 heteroatoms. The van der Waals surface area contributed by atoms with Gasteiger partial charge >= 0.3 is 0 Å². The van der Waals surface area contributed by atoms with Crippen LogP contribution in [-0.2, 0) is 14.8 Å². The number of carbonyl (C=O) groups is 1. The lowest BCUT2D eigenvalue weighted by Crippen LogP contribution is -2.29. The third-order valence-electron chi connectivity index (χ3n) is 3.63. The lowest BCUT2D eigenvalue weighted by atomic mass is 10.3. The van der Waals surface area contributed by atoms with E-state index >= 15 is 0 Å². The molecule has 146 valence electrons. The Bertz CT molecular complexity index is 849. The Balaban J connectivity index is 1.89. The molecule has 0 saturated heterocycles. The third kappa shape index (κ3) is 6.18. The van der Waals surface area contributed by atoms with Gasteiger partial charge in [-0.05, 0) is 62.4 Å². The van der Waals surface area contributed by atoms with Crippen molar-refractivity contribution in [1.29, 1.82) is 0 Å². The molecular weight excluding hydrogens is 368 g/mol. The Morgan fingerprint density at radius 2 is 1.52 bits per heavy atom. The van der Waals surface area contributed by atoms with Gasteiger partial charge in [-0.1, -0.05) is 0 Å². The summed E-state index contributed by atoms with van der Waals surface area (Å²) in [5.74, 6) is 0.918. The van der Waals surface area contributed by atoms with Crippen molar-refractivity contribution in [2.45, 2.75) is 13.8 Å². The summed E-state index contributed by atoms with van der Waals surface area (Å²) < 4.78 is 35.5. The predicted octanol–water partition coefficient (Wildman–Crippen LogP) is 2.89. The fourth-order valence-corrected chi connectivity index (χ4v) is 3.44. The van der Waals surface area contributed by atoms with E-state index in [1.54, 1.807) is 55.5 Å². The van der Waals surface area contributed by atoms with Crippen molar-refractivity contribution in [2.24, 2.45) is 0 Å². The first-order valence-corrected chi connectivity index (χ1v) is 10.4. The van der Waals surface area contributed by atoms with Crippen molar-refractivity contribution in [1.82, 2.24) is 0 Å². The van der Waals surface area contributed by atoms with E-state index in [1.807, 2.05) is 6.92 Å². The molecule has 0 atom stereocenters. The minimum atomic E-state index is -3.33. The minimum absolute atomic E-state index is 0.157. The molecule has 2 aromatic rings. The highest BCUT2D eigenvalue weighted by Crippen LogP contribution is 2.21. The second kappa shape index (κ2) is 9.27. The van der Waals surface area contributed by atoms with E-state index in [0.717, 1.165) is 12.0 Å². The summed E-state index contributed by atoms with van der Waals surface area (Å²) in [5, 5.41) is 2.73. The summed E-state index contributed by atoms with van der Waals surface area (Å²) in [6.07, 6.45) is 1.16. The van der Waals surface area contributed by atoms with Gasteiger partial charge in [-0.15, -0.1) is 0 Å². The first kappa shape index (κ1) is 20.6. The molecule has 0 aromatic heterocycles. The van der Waals surface area contributed by atoms with Gasteiger partial charge in [0.15, 0.2) is 6.61 Å². The lowest BCUT2D eigenvalue weighted by molar-refractivity contribution is -0.118. The molecule has 0 spiro atoms. The first-order chi connectivity index (χ1) is 12.8. The Morgan fingerprint density at radius 1 is 0.963 bits per heavy atom. The van der Waals surface area contributed by atoms with Crippen LogP contribution in [0.15, 0.2) is 48.5 Å². The molecule has 1 N–H and O–H groups in total. The van der Waals surface area contributed by atoms with Crippen molar-refractivity contribution in [2.75, 3.05) is 35.6 Å². The second-order valence-electron chi connectivity index (χ2n) is 5.72. The van der Waals surface area contributed by atoms with Crippen molar-refractivity contribution in [3.05, 3.63) is 48.5 Å². The Morgan fingerprint density at radius 3 is 2.04 bits per heavy atom. The van der Waals surface area contributed by atoms with Gasteiger partial charge in [-0.3, -0.25) is 9.10 Å². The molecule has 0 saturated carbocycles. The van der Waals surface area contributed by atoms with E-state index in [2.05, 4.69) is 5.32 Å². The maximum absolute atomic E-state index is 12.0. The highest BCUT2D eigenvalue weighted by Gasteiger charge is 2.15. The number of ether oxygens (including phenoxy) is 2. The van der Waals surface area contributed by atoms with Crippen molar-refractivity contribution >= 4 is 27.3 Å². The van der Waals surface area contributed by atoms with E-state index in [-0.39, 0.29) is 12.5 Å². The largest absolute Gasteiger partial charge is 0.494 e. The molecule has 0 fully saturated rings. The number of amides is 1. The lowest BCUT2D eigenvalue weighted by Gasteiger charge is -2.20. The average Bonchev–Trinajstić information content (AvgIpc) is 2.62. The van der Waals surface area contributed by atoms with Gasteiger partial charge in [0.2, 0.25) is 10.0 Å². The zero-order chi connectivity index (χ0) is 19.9. The van der Waals surface area contributed by atoms with Crippen LogP contribution in [0.5, 0.6) is 11.5 Å². The zero-order valence-corrected chi connectivity index (χ0v) is 16.5. The number of hydrogen-bond acceptors (Lipinski definition) is 5. The van der Waals surface area contributed by atoms with Crippen molar-refractivity contribution < 1.29 is 22.7 Å². The number of nitrogens with zero attached hydrogens (tertiary/aromatic N) is 1. The fourth-order valence-electron chi connectivity index (χ4n) is 2.46. The summed E-state index contributed by atoms with van der Waals surface area (Å²) in [7, 11) is -3.33. The molecule has 0 bridgehead atoms.